The van der Waals surface area contributed by atoms with Gasteiger partial charge in [-0.25, -0.2) is 8.42 Å². The maximum atomic E-state index is 11.8. The van der Waals surface area contributed by atoms with Crippen LogP contribution < -0.4 is 16.0 Å². The number of hydrazine groups is 1. The Morgan fingerprint density at radius 2 is 1.72 bits per heavy atom. The van der Waals surface area contributed by atoms with Crippen LogP contribution in [0.3, 0.4) is 0 Å². The van der Waals surface area contributed by atoms with Crippen LogP contribution >= 0.6 is 12.2 Å². The number of benzene rings is 1. The average molecular weight is 287 g/mol. The average Bonchev–Trinajstić information content (AvgIpc) is 2.26. The van der Waals surface area contributed by atoms with Crippen LogP contribution in [0.2, 0.25) is 0 Å². The fourth-order valence-corrected chi connectivity index (χ4v) is 2.28. The smallest absolute Gasteiger partial charge is 0.257 e. The fourth-order valence-electron chi connectivity index (χ4n) is 1.31. The third-order valence-corrected chi connectivity index (χ3v) is 3.70. The van der Waals surface area contributed by atoms with E-state index in [1.54, 1.807) is 24.3 Å². The van der Waals surface area contributed by atoms with Gasteiger partial charge in [-0.05, 0) is 35.3 Å². The molecule has 100 valence electrons. The highest BCUT2D eigenvalue weighted by molar-refractivity contribution is 7.89. The molecule has 0 saturated heterocycles. The first-order chi connectivity index (χ1) is 8.13. The molecule has 0 radical (unpaired) electrons. The van der Waals surface area contributed by atoms with Crippen molar-refractivity contribution in [1.29, 1.82) is 0 Å². The van der Waals surface area contributed by atoms with Gasteiger partial charge in [0.1, 0.15) is 0 Å². The van der Waals surface area contributed by atoms with Crippen LogP contribution in [0.25, 0.3) is 0 Å². The second-order valence-electron chi connectivity index (χ2n) is 4.87. The lowest BCUT2D eigenvalue weighted by atomic mass is 9.87. The molecule has 0 fully saturated rings. The molecule has 5 nitrogen and oxygen atoms in total. The van der Waals surface area contributed by atoms with Gasteiger partial charge in [-0.1, -0.05) is 32.9 Å². The highest BCUT2D eigenvalue weighted by Gasteiger charge is 2.17. The molecule has 18 heavy (non-hydrogen) atoms. The molecule has 0 saturated carbocycles. The SMILES string of the molecule is CC(C)(C)c1ccc(S(=O)(=O)NNC(N)=S)cc1. The zero-order valence-corrected chi connectivity index (χ0v) is 12.2. The number of nitrogens with two attached hydrogens (primary N) is 1. The van der Waals surface area contributed by atoms with E-state index in [0.717, 1.165) is 5.56 Å². The Bertz CT molecular complexity index is 530. The Hall–Kier alpha value is -1.18. The predicted molar refractivity (Wildman–Crippen MR) is 75.4 cm³/mol. The largest absolute Gasteiger partial charge is 0.375 e. The minimum atomic E-state index is -3.65. The van der Waals surface area contributed by atoms with Crippen molar-refractivity contribution < 1.29 is 8.42 Å². The van der Waals surface area contributed by atoms with E-state index in [0.29, 0.717) is 0 Å². The topological polar surface area (TPSA) is 84.2 Å². The number of nitrogens with one attached hydrogen (secondary N) is 2. The molecular formula is C11H17N3O2S2. The van der Waals surface area contributed by atoms with Gasteiger partial charge in [-0.3, -0.25) is 5.43 Å². The second-order valence-corrected chi connectivity index (χ2v) is 6.99. The van der Waals surface area contributed by atoms with Crippen LogP contribution in [-0.4, -0.2) is 13.5 Å². The van der Waals surface area contributed by atoms with Crippen LogP contribution in [0.15, 0.2) is 29.2 Å². The lowest BCUT2D eigenvalue weighted by Gasteiger charge is -2.19. The predicted octanol–water partition coefficient (Wildman–Crippen LogP) is 1.01. The molecule has 1 aromatic carbocycles. The van der Waals surface area contributed by atoms with Gasteiger partial charge >= 0.3 is 0 Å². The molecule has 4 N–H and O–H groups in total. The van der Waals surface area contributed by atoms with E-state index in [9.17, 15) is 8.42 Å². The highest BCUT2D eigenvalue weighted by Crippen LogP contribution is 2.23. The molecular weight excluding hydrogens is 270 g/mol. The zero-order valence-electron chi connectivity index (χ0n) is 10.5. The quantitative estimate of drug-likeness (QED) is 0.571. The van der Waals surface area contributed by atoms with Gasteiger partial charge in [0.05, 0.1) is 4.90 Å². The van der Waals surface area contributed by atoms with Crippen LogP contribution in [-0.2, 0) is 15.4 Å². The third-order valence-electron chi connectivity index (χ3n) is 2.34. The van der Waals surface area contributed by atoms with Crippen LogP contribution in [0, 0.1) is 0 Å². The molecule has 0 aliphatic carbocycles. The van der Waals surface area contributed by atoms with Crippen LogP contribution in [0.1, 0.15) is 26.3 Å². The summed E-state index contributed by atoms with van der Waals surface area (Å²) in [4.78, 5) is 2.24. The van der Waals surface area contributed by atoms with Crippen LogP contribution in [0.5, 0.6) is 0 Å². The summed E-state index contributed by atoms with van der Waals surface area (Å²) in [5, 5.41) is -0.134. The minimum absolute atomic E-state index is 0.0210. The highest BCUT2D eigenvalue weighted by atomic mass is 32.2. The first-order valence-electron chi connectivity index (χ1n) is 5.31. The summed E-state index contributed by atoms with van der Waals surface area (Å²) in [7, 11) is -3.65. The normalized spacial score (nSPS) is 12.2. The molecule has 0 aromatic heterocycles. The van der Waals surface area contributed by atoms with Gasteiger partial charge in [-0.15, -0.1) is 4.83 Å². The summed E-state index contributed by atoms with van der Waals surface area (Å²) in [6.07, 6.45) is 0. The van der Waals surface area contributed by atoms with E-state index in [1.807, 2.05) is 0 Å². The molecule has 0 atom stereocenters. The second kappa shape index (κ2) is 5.21. The van der Waals surface area contributed by atoms with Gasteiger partial charge in [0.15, 0.2) is 5.11 Å². The molecule has 7 heteroatoms. The molecule has 0 unspecified atom stereocenters. The summed E-state index contributed by atoms with van der Waals surface area (Å²) in [5.74, 6) is 0. The first kappa shape index (κ1) is 14.9. The molecule has 0 aliphatic heterocycles. The van der Waals surface area contributed by atoms with Crippen molar-refractivity contribution in [2.45, 2.75) is 31.1 Å². The van der Waals surface area contributed by atoms with Gasteiger partial charge < -0.3 is 5.73 Å². The fraction of sp³-hybridized carbons (Fsp3) is 0.364. The summed E-state index contributed by atoms with van der Waals surface area (Å²) in [6, 6.07) is 6.67. The number of hydrogen-bond acceptors (Lipinski definition) is 3. The Balaban J connectivity index is 2.95. The molecule has 0 bridgehead atoms. The zero-order chi connectivity index (χ0) is 14.0. The molecule has 0 spiro atoms. The molecule has 0 heterocycles. The van der Waals surface area contributed by atoms with Gasteiger partial charge in [0, 0.05) is 0 Å². The van der Waals surface area contributed by atoms with Crippen molar-refractivity contribution >= 4 is 27.4 Å². The van der Waals surface area contributed by atoms with E-state index < -0.39 is 10.0 Å². The van der Waals surface area contributed by atoms with Gasteiger partial charge in [-0.2, -0.15) is 0 Å². The number of thiocarbonyl (C=S) groups is 1. The molecule has 1 aromatic rings. The van der Waals surface area contributed by atoms with Crippen molar-refractivity contribution in [1.82, 2.24) is 10.3 Å². The summed E-state index contributed by atoms with van der Waals surface area (Å²) in [6.45, 7) is 6.18. The monoisotopic (exact) mass is 287 g/mol. The van der Waals surface area contributed by atoms with Crippen molar-refractivity contribution in [3.63, 3.8) is 0 Å². The lowest BCUT2D eigenvalue weighted by Crippen LogP contribution is -2.44. The summed E-state index contributed by atoms with van der Waals surface area (Å²) >= 11 is 4.52. The van der Waals surface area contributed by atoms with Gasteiger partial charge in [0.25, 0.3) is 10.0 Å². The first-order valence-corrected chi connectivity index (χ1v) is 7.20. The number of hydrogen-bond donors (Lipinski definition) is 3. The van der Waals surface area contributed by atoms with Crippen molar-refractivity contribution in [2.24, 2.45) is 5.73 Å². The van der Waals surface area contributed by atoms with Crippen molar-refractivity contribution in [3.05, 3.63) is 29.8 Å². The van der Waals surface area contributed by atoms with E-state index in [4.69, 9.17) is 5.73 Å². The Morgan fingerprint density at radius 1 is 1.22 bits per heavy atom. The van der Waals surface area contributed by atoms with E-state index >= 15 is 0 Å². The maximum absolute atomic E-state index is 11.8. The van der Waals surface area contributed by atoms with Crippen LogP contribution in [0.4, 0.5) is 0 Å². The van der Waals surface area contributed by atoms with E-state index in [-0.39, 0.29) is 15.4 Å². The van der Waals surface area contributed by atoms with E-state index in [1.165, 1.54) is 0 Å². The molecule has 0 aliphatic rings. The standard InChI is InChI=1S/C11H17N3O2S2/c1-11(2,3)8-4-6-9(7-5-8)18(15,16)14-13-10(12)17/h4-7,14H,1-3H3,(H3,12,13,17). The van der Waals surface area contributed by atoms with Crippen molar-refractivity contribution in [3.8, 4) is 0 Å². The molecule has 0 amide bonds. The Labute approximate surface area is 113 Å². The van der Waals surface area contributed by atoms with Gasteiger partial charge in [0.2, 0.25) is 0 Å². The third kappa shape index (κ3) is 3.94. The lowest BCUT2D eigenvalue weighted by molar-refractivity contribution is 0.575. The minimum Gasteiger partial charge on any atom is -0.375 e. The summed E-state index contributed by atoms with van der Waals surface area (Å²) < 4.78 is 23.6. The number of sulfonamides is 1. The van der Waals surface area contributed by atoms with E-state index in [2.05, 4.69) is 43.2 Å². The molecule has 1 rings (SSSR count). The Morgan fingerprint density at radius 3 is 2.11 bits per heavy atom. The maximum Gasteiger partial charge on any atom is 0.257 e. The summed E-state index contributed by atoms with van der Waals surface area (Å²) in [5.41, 5.74) is 8.39. The Kier molecular flexibility index (Phi) is 4.31. The number of rotatable bonds is 3. The van der Waals surface area contributed by atoms with Crippen molar-refractivity contribution in [2.75, 3.05) is 0 Å².